The number of rotatable bonds is 5. The summed E-state index contributed by atoms with van der Waals surface area (Å²) in [5.41, 5.74) is 3.63. The van der Waals surface area contributed by atoms with Crippen LogP contribution >= 0.6 is 0 Å². The summed E-state index contributed by atoms with van der Waals surface area (Å²) in [6.07, 6.45) is 0. The van der Waals surface area contributed by atoms with Crippen molar-refractivity contribution >= 4 is 28.4 Å². The maximum absolute atomic E-state index is 13.4. The smallest absolute Gasteiger partial charge is 0.256 e. The number of carbonyl (C=O) groups excluding carboxylic acids is 2. The Morgan fingerprint density at radius 2 is 1.56 bits per heavy atom. The van der Waals surface area contributed by atoms with Gasteiger partial charge >= 0.3 is 0 Å². The van der Waals surface area contributed by atoms with Crippen LogP contribution < -0.4 is 10.1 Å². The quantitative estimate of drug-likeness (QED) is 0.495. The van der Waals surface area contributed by atoms with Crippen LogP contribution in [-0.4, -0.2) is 42.9 Å². The van der Waals surface area contributed by atoms with Crippen LogP contribution in [0.4, 0.5) is 5.69 Å². The Hall–Kier alpha value is -4.19. The zero-order valence-corrected chi connectivity index (χ0v) is 18.1. The fraction of sp³-hybridized carbons (Fsp3) is 0.115. The van der Waals surface area contributed by atoms with Crippen LogP contribution in [0, 0.1) is 0 Å². The lowest BCUT2D eigenvalue weighted by Gasteiger charge is -2.15. The molecule has 0 saturated carbocycles. The van der Waals surface area contributed by atoms with E-state index in [0.717, 1.165) is 16.7 Å². The lowest BCUT2D eigenvalue weighted by molar-refractivity contribution is 0.0828. The highest BCUT2D eigenvalue weighted by atomic mass is 16.5. The van der Waals surface area contributed by atoms with Crippen LogP contribution in [0.5, 0.6) is 5.75 Å². The first-order valence-electron chi connectivity index (χ1n) is 10.1. The molecule has 160 valence electrons. The van der Waals surface area contributed by atoms with Crippen molar-refractivity contribution < 1.29 is 14.3 Å². The minimum Gasteiger partial charge on any atom is -0.497 e. The maximum Gasteiger partial charge on any atom is 0.256 e. The van der Waals surface area contributed by atoms with Gasteiger partial charge in [-0.1, -0.05) is 30.3 Å². The lowest BCUT2D eigenvalue weighted by atomic mass is 10.0. The van der Waals surface area contributed by atoms with Gasteiger partial charge in [-0.2, -0.15) is 0 Å². The molecule has 1 aromatic heterocycles. The second-order valence-electron chi connectivity index (χ2n) is 7.50. The second-order valence-corrected chi connectivity index (χ2v) is 7.50. The normalized spacial score (nSPS) is 10.6. The molecule has 0 aliphatic rings. The molecule has 0 saturated heterocycles. The number of anilines is 1. The van der Waals surface area contributed by atoms with E-state index in [1.54, 1.807) is 51.5 Å². The number of hydrogen-bond donors (Lipinski definition) is 1. The zero-order chi connectivity index (χ0) is 22.7. The van der Waals surface area contributed by atoms with Crippen LogP contribution in [0.3, 0.4) is 0 Å². The predicted molar refractivity (Wildman–Crippen MR) is 126 cm³/mol. The van der Waals surface area contributed by atoms with E-state index in [1.807, 2.05) is 48.5 Å². The molecule has 0 aliphatic heterocycles. The number of pyridine rings is 1. The highest BCUT2D eigenvalue weighted by Crippen LogP contribution is 2.27. The Morgan fingerprint density at radius 3 is 2.28 bits per heavy atom. The average Bonchev–Trinajstić information content (AvgIpc) is 2.83. The van der Waals surface area contributed by atoms with Crippen LogP contribution in [0.2, 0.25) is 0 Å². The van der Waals surface area contributed by atoms with E-state index < -0.39 is 0 Å². The minimum atomic E-state index is -0.308. The SMILES string of the molecule is COc1ccc(-c2cc(C(=O)Nc3ccccc3C(=O)N(C)C)c3ccccc3n2)cc1. The number of fused-ring (bicyclic) bond motifs is 1. The van der Waals surface area contributed by atoms with Gasteiger partial charge in [0.15, 0.2) is 0 Å². The fourth-order valence-corrected chi connectivity index (χ4v) is 3.48. The van der Waals surface area contributed by atoms with Gasteiger partial charge < -0.3 is 15.0 Å². The summed E-state index contributed by atoms with van der Waals surface area (Å²) in [6, 6.07) is 23.8. The maximum atomic E-state index is 13.4. The number of para-hydroxylation sites is 2. The van der Waals surface area contributed by atoms with E-state index in [9.17, 15) is 9.59 Å². The van der Waals surface area contributed by atoms with Gasteiger partial charge in [0.2, 0.25) is 0 Å². The molecule has 4 aromatic rings. The molecule has 32 heavy (non-hydrogen) atoms. The second kappa shape index (κ2) is 8.89. The highest BCUT2D eigenvalue weighted by Gasteiger charge is 2.18. The van der Waals surface area contributed by atoms with E-state index in [1.165, 1.54) is 4.90 Å². The number of nitrogens with one attached hydrogen (secondary N) is 1. The molecule has 4 rings (SSSR count). The Balaban J connectivity index is 1.77. The van der Waals surface area contributed by atoms with Gasteiger partial charge in [0, 0.05) is 25.0 Å². The van der Waals surface area contributed by atoms with Gasteiger partial charge in [0.25, 0.3) is 11.8 Å². The summed E-state index contributed by atoms with van der Waals surface area (Å²) in [5, 5.41) is 3.65. The Labute approximate surface area is 186 Å². The van der Waals surface area contributed by atoms with Crippen LogP contribution in [0.25, 0.3) is 22.2 Å². The number of benzene rings is 3. The summed E-state index contributed by atoms with van der Waals surface area (Å²) >= 11 is 0. The molecule has 6 nitrogen and oxygen atoms in total. The predicted octanol–water partition coefficient (Wildman–Crippen LogP) is 4.86. The van der Waals surface area contributed by atoms with Crippen molar-refractivity contribution in [3.8, 4) is 17.0 Å². The zero-order valence-electron chi connectivity index (χ0n) is 18.1. The molecule has 0 bridgehead atoms. The molecule has 0 aliphatic carbocycles. The number of ether oxygens (including phenoxy) is 1. The fourth-order valence-electron chi connectivity index (χ4n) is 3.48. The standard InChI is InChI=1S/C26H23N3O3/c1-29(2)26(31)20-9-5-7-11-23(20)28-25(30)21-16-24(17-12-14-18(32-3)15-13-17)27-22-10-6-4-8-19(21)22/h4-16H,1-3H3,(H,28,30). The topological polar surface area (TPSA) is 71.5 Å². The van der Waals surface area contributed by atoms with E-state index in [4.69, 9.17) is 9.72 Å². The van der Waals surface area contributed by atoms with Gasteiger partial charge in [0.1, 0.15) is 5.75 Å². The third-order valence-corrected chi connectivity index (χ3v) is 5.16. The number of amides is 2. The largest absolute Gasteiger partial charge is 0.497 e. The van der Waals surface area contributed by atoms with Crippen molar-refractivity contribution in [1.29, 1.82) is 0 Å². The molecular formula is C26H23N3O3. The molecule has 3 aromatic carbocycles. The summed E-state index contributed by atoms with van der Waals surface area (Å²) in [4.78, 5) is 32.1. The van der Waals surface area contributed by atoms with Crippen molar-refractivity contribution in [3.63, 3.8) is 0 Å². The molecule has 0 unspecified atom stereocenters. The van der Waals surface area contributed by atoms with Crippen LogP contribution in [-0.2, 0) is 0 Å². The van der Waals surface area contributed by atoms with Crippen LogP contribution in [0.1, 0.15) is 20.7 Å². The van der Waals surface area contributed by atoms with Crippen molar-refractivity contribution in [3.05, 3.63) is 90.0 Å². The summed E-state index contributed by atoms with van der Waals surface area (Å²) < 4.78 is 5.24. The van der Waals surface area contributed by atoms with Gasteiger partial charge in [0.05, 0.1) is 35.1 Å². The first-order valence-corrected chi connectivity index (χ1v) is 10.1. The summed E-state index contributed by atoms with van der Waals surface area (Å²) in [5.74, 6) is 0.256. The molecule has 6 heteroatoms. The number of aromatic nitrogens is 1. The first-order chi connectivity index (χ1) is 15.5. The molecule has 0 spiro atoms. The molecule has 0 radical (unpaired) electrons. The van der Waals surface area contributed by atoms with Crippen LogP contribution in [0.15, 0.2) is 78.9 Å². The van der Waals surface area contributed by atoms with E-state index in [-0.39, 0.29) is 11.8 Å². The number of hydrogen-bond acceptors (Lipinski definition) is 4. The number of carbonyl (C=O) groups is 2. The molecule has 0 fully saturated rings. The Bertz CT molecular complexity index is 1300. The monoisotopic (exact) mass is 425 g/mol. The summed E-state index contributed by atoms with van der Waals surface area (Å²) in [7, 11) is 4.97. The van der Waals surface area contributed by atoms with Crippen molar-refractivity contribution in [1.82, 2.24) is 9.88 Å². The van der Waals surface area contributed by atoms with Gasteiger partial charge in [-0.05, 0) is 48.5 Å². The molecule has 0 atom stereocenters. The Morgan fingerprint density at radius 1 is 0.875 bits per heavy atom. The number of methoxy groups -OCH3 is 1. The van der Waals surface area contributed by atoms with E-state index in [2.05, 4.69) is 5.32 Å². The highest BCUT2D eigenvalue weighted by molar-refractivity contribution is 6.15. The molecule has 1 N–H and O–H groups in total. The van der Waals surface area contributed by atoms with Gasteiger partial charge in [-0.15, -0.1) is 0 Å². The van der Waals surface area contributed by atoms with Crippen molar-refractivity contribution in [2.45, 2.75) is 0 Å². The van der Waals surface area contributed by atoms with E-state index in [0.29, 0.717) is 28.0 Å². The van der Waals surface area contributed by atoms with E-state index >= 15 is 0 Å². The van der Waals surface area contributed by atoms with Gasteiger partial charge in [-0.25, -0.2) is 4.98 Å². The van der Waals surface area contributed by atoms with Gasteiger partial charge in [-0.3, -0.25) is 9.59 Å². The lowest BCUT2D eigenvalue weighted by Crippen LogP contribution is -2.24. The molecule has 2 amide bonds. The Kier molecular flexibility index (Phi) is 5.85. The molecule has 1 heterocycles. The third-order valence-electron chi connectivity index (χ3n) is 5.16. The van der Waals surface area contributed by atoms with Crippen molar-refractivity contribution in [2.24, 2.45) is 0 Å². The molecular weight excluding hydrogens is 402 g/mol. The minimum absolute atomic E-state index is 0.181. The first kappa shape index (κ1) is 21.1. The number of nitrogens with zero attached hydrogens (tertiary/aromatic N) is 2. The average molecular weight is 425 g/mol. The summed E-state index contributed by atoms with van der Waals surface area (Å²) in [6.45, 7) is 0. The third kappa shape index (κ3) is 4.16. The van der Waals surface area contributed by atoms with Crippen molar-refractivity contribution in [2.75, 3.05) is 26.5 Å².